The minimum absolute atomic E-state index is 0.150. The van der Waals surface area contributed by atoms with Crippen molar-refractivity contribution in [3.8, 4) is 5.75 Å². The molecular formula is C18H16F3N3O. The normalized spacial score (nSPS) is 11.1. The van der Waals surface area contributed by atoms with Crippen molar-refractivity contribution in [1.29, 1.82) is 0 Å². The SMILES string of the molecule is CN(CCOc1ccccc1F)c1nc(C(F)F)nc2ccccc12. The van der Waals surface area contributed by atoms with Crippen LogP contribution in [0.3, 0.4) is 0 Å². The highest BCUT2D eigenvalue weighted by molar-refractivity contribution is 5.89. The molecule has 7 heteroatoms. The van der Waals surface area contributed by atoms with Gasteiger partial charge in [-0.25, -0.2) is 23.1 Å². The van der Waals surface area contributed by atoms with Crippen molar-refractivity contribution in [2.45, 2.75) is 6.43 Å². The second kappa shape index (κ2) is 7.38. The summed E-state index contributed by atoms with van der Waals surface area (Å²) in [5.41, 5.74) is 0.449. The monoisotopic (exact) mass is 347 g/mol. The lowest BCUT2D eigenvalue weighted by Crippen LogP contribution is -2.25. The van der Waals surface area contributed by atoms with Gasteiger partial charge < -0.3 is 9.64 Å². The predicted octanol–water partition coefficient (Wildman–Crippen LogP) is 4.22. The summed E-state index contributed by atoms with van der Waals surface area (Å²) in [7, 11) is 1.72. The van der Waals surface area contributed by atoms with Crippen LogP contribution in [-0.2, 0) is 0 Å². The molecule has 0 bridgehead atoms. The van der Waals surface area contributed by atoms with Crippen LogP contribution in [0.15, 0.2) is 48.5 Å². The molecule has 0 amide bonds. The number of benzene rings is 2. The van der Waals surface area contributed by atoms with Gasteiger partial charge in [-0.3, -0.25) is 0 Å². The predicted molar refractivity (Wildman–Crippen MR) is 89.7 cm³/mol. The maximum atomic E-state index is 13.5. The van der Waals surface area contributed by atoms with Gasteiger partial charge in [0, 0.05) is 12.4 Å². The Bertz CT molecular complexity index is 873. The molecule has 3 rings (SSSR count). The molecule has 0 spiro atoms. The second-order valence-electron chi connectivity index (χ2n) is 5.42. The van der Waals surface area contributed by atoms with Crippen LogP contribution in [0.25, 0.3) is 10.9 Å². The van der Waals surface area contributed by atoms with Crippen molar-refractivity contribution in [2.75, 3.05) is 25.1 Å². The average molecular weight is 347 g/mol. The smallest absolute Gasteiger partial charge is 0.297 e. The number of para-hydroxylation sites is 2. The van der Waals surface area contributed by atoms with E-state index in [2.05, 4.69) is 9.97 Å². The van der Waals surface area contributed by atoms with Crippen molar-refractivity contribution >= 4 is 16.7 Å². The highest BCUT2D eigenvalue weighted by atomic mass is 19.3. The molecule has 0 fully saturated rings. The molecule has 2 aromatic carbocycles. The number of ether oxygens (including phenoxy) is 1. The average Bonchev–Trinajstić information content (AvgIpc) is 2.62. The van der Waals surface area contributed by atoms with E-state index >= 15 is 0 Å². The van der Waals surface area contributed by atoms with Crippen LogP contribution in [0.4, 0.5) is 19.0 Å². The first-order chi connectivity index (χ1) is 12.1. The van der Waals surface area contributed by atoms with Crippen LogP contribution in [0.5, 0.6) is 5.75 Å². The Morgan fingerprint density at radius 2 is 1.76 bits per heavy atom. The third-order valence-electron chi connectivity index (χ3n) is 3.68. The van der Waals surface area contributed by atoms with Gasteiger partial charge in [-0.2, -0.15) is 0 Å². The van der Waals surface area contributed by atoms with Gasteiger partial charge in [0.05, 0.1) is 12.1 Å². The van der Waals surface area contributed by atoms with Gasteiger partial charge in [-0.1, -0.05) is 24.3 Å². The molecule has 0 saturated carbocycles. The Morgan fingerprint density at radius 1 is 1.04 bits per heavy atom. The molecule has 0 radical (unpaired) electrons. The van der Waals surface area contributed by atoms with Crippen molar-refractivity contribution in [1.82, 2.24) is 9.97 Å². The largest absolute Gasteiger partial charge is 0.489 e. The van der Waals surface area contributed by atoms with E-state index in [-0.39, 0.29) is 12.4 Å². The summed E-state index contributed by atoms with van der Waals surface area (Å²) >= 11 is 0. The van der Waals surface area contributed by atoms with Gasteiger partial charge in [0.2, 0.25) is 0 Å². The Hall–Kier alpha value is -2.83. The number of halogens is 3. The van der Waals surface area contributed by atoms with Crippen molar-refractivity contribution in [3.05, 3.63) is 60.2 Å². The molecule has 0 N–H and O–H groups in total. The van der Waals surface area contributed by atoms with E-state index in [1.165, 1.54) is 12.1 Å². The zero-order valence-electron chi connectivity index (χ0n) is 13.5. The van der Waals surface area contributed by atoms with E-state index in [1.807, 2.05) is 0 Å². The summed E-state index contributed by atoms with van der Waals surface area (Å²) in [5, 5.41) is 0.667. The lowest BCUT2D eigenvalue weighted by Gasteiger charge is -2.20. The Morgan fingerprint density at radius 3 is 2.52 bits per heavy atom. The fourth-order valence-corrected chi connectivity index (χ4v) is 2.43. The van der Waals surface area contributed by atoms with Gasteiger partial charge in [-0.15, -0.1) is 0 Å². The summed E-state index contributed by atoms with van der Waals surface area (Å²) in [6.45, 7) is 0.526. The number of fused-ring (bicyclic) bond motifs is 1. The molecule has 1 heterocycles. The van der Waals surface area contributed by atoms with Gasteiger partial charge in [0.15, 0.2) is 17.4 Å². The van der Waals surface area contributed by atoms with E-state index in [1.54, 1.807) is 48.3 Å². The van der Waals surface area contributed by atoms with Crippen molar-refractivity contribution < 1.29 is 17.9 Å². The summed E-state index contributed by atoms with van der Waals surface area (Å²) in [5.74, 6) is -0.428. The number of likely N-dealkylation sites (N-methyl/N-ethyl adjacent to an activating group) is 1. The fraction of sp³-hybridized carbons (Fsp3) is 0.222. The lowest BCUT2D eigenvalue weighted by molar-refractivity contribution is 0.141. The van der Waals surface area contributed by atoms with Crippen molar-refractivity contribution in [3.63, 3.8) is 0 Å². The quantitative estimate of drug-likeness (QED) is 0.669. The Balaban J connectivity index is 1.79. The van der Waals surface area contributed by atoms with Gasteiger partial charge in [-0.05, 0) is 24.3 Å². The molecule has 3 aromatic rings. The molecular weight excluding hydrogens is 331 g/mol. The third kappa shape index (κ3) is 3.81. The molecule has 0 unspecified atom stereocenters. The highest BCUT2D eigenvalue weighted by Crippen LogP contribution is 2.26. The van der Waals surface area contributed by atoms with Crippen LogP contribution in [0.2, 0.25) is 0 Å². The van der Waals surface area contributed by atoms with E-state index < -0.39 is 18.1 Å². The van der Waals surface area contributed by atoms with Crippen LogP contribution in [-0.4, -0.2) is 30.2 Å². The molecule has 0 aliphatic heterocycles. The van der Waals surface area contributed by atoms with E-state index in [9.17, 15) is 13.2 Å². The summed E-state index contributed by atoms with van der Waals surface area (Å²) in [6.07, 6.45) is -2.76. The van der Waals surface area contributed by atoms with Crippen LogP contribution in [0, 0.1) is 5.82 Å². The molecule has 1 aromatic heterocycles. The third-order valence-corrected chi connectivity index (χ3v) is 3.68. The van der Waals surface area contributed by atoms with Gasteiger partial charge in [0.1, 0.15) is 12.4 Å². The molecule has 25 heavy (non-hydrogen) atoms. The zero-order valence-corrected chi connectivity index (χ0v) is 13.5. The Kier molecular flexibility index (Phi) is 5.02. The first-order valence-electron chi connectivity index (χ1n) is 7.69. The number of hydrogen-bond acceptors (Lipinski definition) is 4. The first-order valence-corrected chi connectivity index (χ1v) is 7.69. The number of anilines is 1. The van der Waals surface area contributed by atoms with Crippen LogP contribution >= 0.6 is 0 Å². The molecule has 0 saturated heterocycles. The zero-order chi connectivity index (χ0) is 17.8. The number of hydrogen-bond donors (Lipinski definition) is 0. The van der Waals surface area contributed by atoms with E-state index in [4.69, 9.17) is 4.74 Å². The molecule has 0 aliphatic rings. The number of rotatable bonds is 6. The van der Waals surface area contributed by atoms with Crippen molar-refractivity contribution in [2.24, 2.45) is 0 Å². The molecule has 130 valence electrons. The van der Waals surface area contributed by atoms with Gasteiger partial charge >= 0.3 is 0 Å². The second-order valence-corrected chi connectivity index (χ2v) is 5.42. The first kappa shape index (κ1) is 17.0. The van der Waals surface area contributed by atoms with Gasteiger partial charge in [0.25, 0.3) is 6.43 Å². The maximum absolute atomic E-state index is 13.5. The summed E-state index contributed by atoms with van der Waals surface area (Å²) in [4.78, 5) is 9.56. The van der Waals surface area contributed by atoms with Crippen LogP contribution in [0.1, 0.15) is 12.2 Å². The van der Waals surface area contributed by atoms with Crippen LogP contribution < -0.4 is 9.64 Å². The summed E-state index contributed by atoms with van der Waals surface area (Å²) < 4.78 is 45.0. The highest BCUT2D eigenvalue weighted by Gasteiger charge is 2.17. The molecule has 4 nitrogen and oxygen atoms in total. The topological polar surface area (TPSA) is 38.2 Å². The number of aromatic nitrogens is 2. The molecule has 0 aliphatic carbocycles. The summed E-state index contributed by atoms with van der Waals surface area (Å²) in [6, 6.07) is 13.1. The lowest BCUT2D eigenvalue weighted by atomic mass is 10.2. The Labute approximate surface area is 142 Å². The minimum Gasteiger partial charge on any atom is -0.489 e. The molecule has 0 atom stereocenters. The standard InChI is InChI=1S/C18H16F3N3O/c1-24(10-11-25-15-9-5-3-7-13(15)19)18-12-6-2-4-8-14(12)22-17(23-18)16(20)21/h2-9,16H,10-11H2,1H3. The van der Waals surface area contributed by atoms with E-state index in [0.717, 1.165) is 0 Å². The fourth-order valence-electron chi connectivity index (χ4n) is 2.43. The number of nitrogens with zero attached hydrogens (tertiary/aromatic N) is 3. The maximum Gasteiger partial charge on any atom is 0.297 e. The number of alkyl halides is 2. The van der Waals surface area contributed by atoms with E-state index in [0.29, 0.717) is 23.3 Å². The minimum atomic E-state index is -2.76.